The minimum atomic E-state index is -0.0980. The fourth-order valence-electron chi connectivity index (χ4n) is 11.4. The van der Waals surface area contributed by atoms with Crippen molar-refractivity contribution in [1.82, 2.24) is 14.1 Å². The standard InChI is InChI=1S/C74H64N5O.Pd/c1-72(2,3)53-38-39-75-68(45-53)79-67-47-58(36-37-63(67)70-71(79)62-30-19-20-33-64(62)78(70)56-28-17-12-18-29-56)80-59-43-51(49-24-13-10-14-25-49)42-57(46-59)76-48-77(66-35-22-21-34-65(66)76)69-60(50-26-15-11-16-27-50)31-23-32-61(69)52-40-54(73(4,5)6)44-55(41-52)74(7,8)9;/h10-45,48H,1-9H3;/q-3;. The summed E-state index contributed by atoms with van der Waals surface area (Å²) in [6, 6.07) is 83.7. The van der Waals surface area contributed by atoms with Gasteiger partial charge in [0.2, 0.25) is 0 Å². The maximum atomic E-state index is 7.12. The predicted molar refractivity (Wildman–Crippen MR) is 333 cm³/mol. The smallest absolute Gasteiger partial charge is 0.135 e. The number of hydrogen-bond acceptors (Lipinski definition) is 4. The Labute approximate surface area is 490 Å². The second-order valence-electron chi connectivity index (χ2n) is 24.3. The normalized spacial score (nSPS) is 12.8. The maximum Gasteiger partial charge on any atom is 0.135 e. The summed E-state index contributed by atoms with van der Waals surface area (Å²) >= 11 is 0. The number of anilines is 4. The van der Waals surface area contributed by atoms with E-state index in [-0.39, 0.29) is 36.7 Å². The first-order valence-electron chi connectivity index (χ1n) is 27.8. The third-order valence-electron chi connectivity index (χ3n) is 15.7. The summed E-state index contributed by atoms with van der Waals surface area (Å²) in [4.78, 5) is 9.73. The molecule has 1 aliphatic rings. The molecule has 81 heavy (non-hydrogen) atoms. The van der Waals surface area contributed by atoms with Gasteiger partial charge >= 0.3 is 0 Å². The average molecular weight is 1150 g/mol. The van der Waals surface area contributed by atoms with Crippen LogP contribution in [0.4, 0.5) is 22.7 Å². The van der Waals surface area contributed by atoms with E-state index >= 15 is 0 Å². The summed E-state index contributed by atoms with van der Waals surface area (Å²) in [5.74, 6) is 1.95. The molecule has 0 fully saturated rings. The minimum absolute atomic E-state index is 0. The van der Waals surface area contributed by atoms with Crippen LogP contribution in [-0.4, -0.2) is 14.1 Å². The molecule has 0 bridgehead atoms. The van der Waals surface area contributed by atoms with E-state index in [4.69, 9.17) is 9.72 Å². The van der Waals surface area contributed by atoms with Gasteiger partial charge in [-0.3, -0.25) is 0 Å². The molecule has 404 valence electrons. The van der Waals surface area contributed by atoms with E-state index in [9.17, 15) is 0 Å². The SMILES string of the molecule is CC(C)(C)c1cc(-c2cccc(-c3ccccc3)c2N2[CH-]N(c3[c-]c(Oc4[c-]c5c(cc4)c4c(c6ccccc6n4-c4ccccc4)n5-c4cc(C(C)(C)C)ccn4)cc(-c4ccccc4)c3)c3ccccc32)cc(C(C)(C)C)c1.[Pd]. The van der Waals surface area contributed by atoms with Crippen LogP contribution in [0.15, 0.2) is 219 Å². The van der Waals surface area contributed by atoms with Crippen molar-refractivity contribution in [3.63, 3.8) is 0 Å². The van der Waals surface area contributed by atoms with Crippen molar-refractivity contribution in [2.75, 3.05) is 9.80 Å². The molecule has 13 rings (SSSR count). The zero-order valence-corrected chi connectivity index (χ0v) is 48.9. The van der Waals surface area contributed by atoms with Gasteiger partial charge in [0.25, 0.3) is 0 Å². The van der Waals surface area contributed by atoms with E-state index in [1.54, 1.807) is 0 Å². The first-order valence-corrected chi connectivity index (χ1v) is 27.8. The molecule has 12 aromatic rings. The number of para-hydroxylation sites is 5. The van der Waals surface area contributed by atoms with Gasteiger partial charge in [0.15, 0.2) is 0 Å². The van der Waals surface area contributed by atoms with E-state index in [1.807, 2.05) is 12.3 Å². The molecular formula is C74H64N5OPd-3. The number of benzene rings is 9. The Hall–Kier alpha value is -8.47. The van der Waals surface area contributed by atoms with Crippen molar-refractivity contribution in [2.24, 2.45) is 0 Å². The van der Waals surface area contributed by atoms with Crippen molar-refractivity contribution in [3.05, 3.63) is 254 Å². The summed E-state index contributed by atoms with van der Waals surface area (Å²) in [6.45, 7) is 22.8. The van der Waals surface area contributed by atoms with E-state index in [0.29, 0.717) is 11.5 Å². The molecule has 0 saturated heterocycles. The Morgan fingerprint density at radius 2 is 1.01 bits per heavy atom. The van der Waals surface area contributed by atoms with Gasteiger partial charge in [-0.1, -0.05) is 219 Å². The van der Waals surface area contributed by atoms with Crippen molar-refractivity contribution >= 4 is 55.6 Å². The van der Waals surface area contributed by atoms with Gasteiger partial charge in [0.1, 0.15) is 5.82 Å². The molecule has 9 aromatic carbocycles. The molecular weight excluding hydrogens is 1080 g/mol. The average Bonchev–Trinajstić information content (AvgIpc) is 4.34. The summed E-state index contributed by atoms with van der Waals surface area (Å²) in [5, 5.41) is 2.16. The Bertz CT molecular complexity index is 4280. The zero-order valence-electron chi connectivity index (χ0n) is 47.3. The van der Waals surface area contributed by atoms with Gasteiger partial charge in [-0.25, -0.2) is 4.98 Å². The molecule has 1 aliphatic heterocycles. The van der Waals surface area contributed by atoms with E-state index < -0.39 is 0 Å². The number of fused-ring (bicyclic) bond motifs is 6. The van der Waals surface area contributed by atoms with Crippen LogP contribution in [0.1, 0.15) is 79.0 Å². The summed E-state index contributed by atoms with van der Waals surface area (Å²) in [5.41, 5.74) is 19.5. The molecule has 3 aromatic heterocycles. The zero-order chi connectivity index (χ0) is 55.1. The van der Waals surface area contributed by atoms with E-state index in [1.165, 1.54) is 22.3 Å². The molecule has 4 heterocycles. The molecule has 0 atom stereocenters. The number of hydrogen-bond donors (Lipinski definition) is 0. The van der Waals surface area contributed by atoms with Crippen LogP contribution in [0.2, 0.25) is 0 Å². The number of pyridine rings is 1. The molecule has 0 aliphatic carbocycles. The van der Waals surface area contributed by atoms with Crippen LogP contribution >= 0.6 is 0 Å². The third-order valence-corrected chi connectivity index (χ3v) is 15.7. The van der Waals surface area contributed by atoms with Crippen LogP contribution in [0.5, 0.6) is 11.5 Å². The first-order chi connectivity index (χ1) is 38.6. The second-order valence-corrected chi connectivity index (χ2v) is 24.3. The Morgan fingerprint density at radius 1 is 0.432 bits per heavy atom. The van der Waals surface area contributed by atoms with Gasteiger partial charge in [-0.2, -0.15) is 6.07 Å². The fourth-order valence-corrected chi connectivity index (χ4v) is 11.4. The summed E-state index contributed by atoms with van der Waals surface area (Å²) < 4.78 is 11.8. The van der Waals surface area contributed by atoms with Crippen molar-refractivity contribution in [1.29, 1.82) is 0 Å². The van der Waals surface area contributed by atoms with Gasteiger partial charge < -0.3 is 23.7 Å². The van der Waals surface area contributed by atoms with Crippen LogP contribution in [-0.2, 0) is 36.7 Å². The van der Waals surface area contributed by atoms with Gasteiger partial charge in [-0.15, -0.1) is 48.3 Å². The molecule has 0 unspecified atom stereocenters. The summed E-state index contributed by atoms with van der Waals surface area (Å²) in [7, 11) is 0. The Kier molecular flexibility index (Phi) is 13.5. The van der Waals surface area contributed by atoms with Gasteiger partial charge in [-0.05, 0) is 92.1 Å². The topological polar surface area (TPSA) is 38.5 Å². The second kappa shape index (κ2) is 20.6. The quantitative estimate of drug-likeness (QED) is 0.107. The molecule has 0 spiro atoms. The van der Waals surface area contributed by atoms with Crippen molar-refractivity contribution < 1.29 is 25.2 Å². The minimum Gasteiger partial charge on any atom is -0.509 e. The Morgan fingerprint density at radius 3 is 1.68 bits per heavy atom. The van der Waals surface area contributed by atoms with Crippen LogP contribution in [0.3, 0.4) is 0 Å². The predicted octanol–water partition coefficient (Wildman–Crippen LogP) is 19.8. The third kappa shape index (κ3) is 9.73. The molecule has 0 radical (unpaired) electrons. The molecule has 7 heteroatoms. The number of rotatable bonds is 9. The van der Waals surface area contributed by atoms with Gasteiger partial charge in [0.05, 0.1) is 11.0 Å². The molecule has 0 N–H and O–H groups in total. The van der Waals surface area contributed by atoms with Crippen molar-refractivity contribution in [3.8, 4) is 56.4 Å². The molecule has 6 nitrogen and oxygen atoms in total. The van der Waals surface area contributed by atoms with Gasteiger partial charge in [0, 0.05) is 82.9 Å². The summed E-state index contributed by atoms with van der Waals surface area (Å²) in [6.07, 6.45) is 1.93. The Balaban J connectivity index is 0.00000651. The number of ether oxygens (including phenoxy) is 1. The number of aromatic nitrogens is 3. The van der Waals surface area contributed by atoms with Crippen molar-refractivity contribution in [2.45, 2.75) is 78.6 Å². The molecule has 0 amide bonds. The monoisotopic (exact) mass is 1140 g/mol. The van der Waals surface area contributed by atoms with E-state index in [2.05, 4.69) is 306 Å². The first kappa shape index (κ1) is 53.2. The van der Waals surface area contributed by atoms with Crippen LogP contribution in [0.25, 0.3) is 77.7 Å². The fraction of sp³-hybridized carbons (Fsp3) is 0.162. The van der Waals surface area contributed by atoms with E-state index in [0.717, 1.165) is 94.9 Å². The maximum absolute atomic E-state index is 7.12. The largest absolute Gasteiger partial charge is 0.509 e. The number of nitrogens with zero attached hydrogens (tertiary/aromatic N) is 5. The van der Waals surface area contributed by atoms with Crippen LogP contribution in [0, 0.1) is 18.8 Å². The van der Waals surface area contributed by atoms with Crippen LogP contribution < -0.4 is 14.5 Å². The molecule has 0 saturated carbocycles.